The van der Waals surface area contributed by atoms with Gasteiger partial charge in [-0.1, -0.05) is 89.8 Å². The SMILES string of the molecule is CCCCCCCCCCCCCC(O)C=S. The summed E-state index contributed by atoms with van der Waals surface area (Å²) in [7, 11) is 0. The van der Waals surface area contributed by atoms with E-state index in [4.69, 9.17) is 0 Å². The van der Waals surface area contributed by atoms with Crippen molar-refractivity contribution in [2.45, 2.75) is 90.1 Å². The molecule has 0 rings (SSSR count). The Morgan fingerprint density at radius 1 is 0.824 bits per heavy atom. The van der Waals surface area contributed by atoms with Crippen molar-refractivity contribution < 1.29 is 5.11 Å². The molecular weight excluding hydrogens is 228 g/mol. The fourth-order valence-electron chi connectivity index (χ4n) is 2.09. The van der Waals surface area contributed by atoms with E-state index >= 15 is 0 Å². The normalized spacial score (nSPS) is 12.6. The van der Waals surface area contributed by atoms with E-state index in [0.29, 0.717) is 0 Å². The monoisotopic (exact) mass is 258 g/mol. The van der Waals surface area contributed by atoms with Crippen LogP contribution in [0.5, 0.6) is 0 Å². The van der Waals surface area contributed by atoms with Gasteiger partial charge in [0.2, 0.25) is 0 Å². The van der Waals surface area contributed by atoms with Crippen LogP contribution in [0.15, 0.2) is 0 Å². The van der Waals surface area contributed by atoms with Crippen LogP contribution < -0.4 is 0 Å². The lowest BCUT2D eigenvalue weighted by Gasteiger charge is -2.04. The molecule has 1 nitrogen and oxygen atoms in total. The van der Waals surface area contributed by atoms with E-state index < -0.39 is 0 Å². The molecule has 0 saturated carbocycles. The van der Waals surface area contributed by atoms with Gasteiger partial charge >= 0.3 is 0 Å². The van der Waals surface area contributed by atoms with E-state index in [1.165, 1.54) is 69.6 Å². The van der Waals surface area contributed by atoms with Gasteiger partial charge in [-0.2, -0.15) is 0 Å². The Morgan fingerprint density at radius 3 is 1.65 bits per heavy atom. The zero-order valence-corrected chi connectivity index (χ0v) is 12.3. The second kappa shape index (κ2) is 14.1. The van der Waals surface area contributed by atoms with Crippen LogP contribution in [0.25, 0.3) is 0 Å². The van der Waals surface area contributed by atoms with Crippen LogP contribution in [0.3, 0.4) is 0 Å². The molecule has 2 heteroatoms. The third-order valence-corrected chi connectivity index (χ3v) is 3.57. The summed E-state index contributed by atoms with van der Waals surface area (Å²) in [4.78, 5) is 0. The average molecular weight is 258 g/mol. The van der Waals surface area contributed by atoms with Crippen molar-refractivity contribution in [1.29, 1.82) is 0 Å². The summed E-state index contributed by atoms with van der Waals surface area (Å²) in [6.07, 6.45) is 15.3. The molecule has 1 unspecified atom stereocenters. The first-order chi connectivity index (χ1) is 8.31. The third kappa shape index (κ3) is 14.0. The summed E-state index contributed by atoms with van der Waals surface area (Å²) in [5.41, 5.74) is 0. The van der Waals surface area contributed by atoms with Crippen LogP contribution in [0.1, 0.15) is 84.0 Å². The largest absolute Gasteiger partial charge is 0.388 e. The molecule has 1 atom stereocenters. The Hall–Kier alpha value is 0.0500. The minimum Gasteiger partial charge on any atom is -0.388 e. The second-order valence-corrected chi connectivity index (χ2v) is 5.30. The highest BCUT2D eigenvalue weighted by molar-refractivity contribution is 7.79. The molecular formula is C15H30OS. The fraction of sp³-hybridized carbons (Fsp3) is 0.933. The number of rotatable bonds is 13. The molecule has 0 amide bonds. The average Bonchev–Trinajstić information content (AvgIpc) is 2.35. The molecule has 0 aliphatic heterocycles. The Labute approximate surface area is 113 Å². The molecule has 0 aliphatic carbocycles. The van der Waals surface area contributed by atoms with Crippen molar-refractivity contribution in [3.8, 4) is 0 Å². The van der Waals surface area contributed by atoms with Crippen molar-refractivity contribution in [2.24, 2.45) is 0 Å². The predicted octanol–water partition coefficient (Wildman–Crippen LogP) is 5.05. The Kier molecular flexibility index (Phi) is 14.2. The number of aliphatic hydroxyl groups is 1. The van der Waals surface area contributed by atoms with Crippen LogP contribution in [0.2, 0.25) is 0 Å². The van der Waals surface area contributed by atoms with Gasteiger partial charge in [-0.15, -0.1) is 0 Å². The Bertz CT molecular complexity index is 159. The minimum absolute atomic E-state index is 0.358. The van der Waals surface area contributed by atoms with Gasteiger partial charge < -0.3 is 5.11 Å². The number of thiocarbonyl (C=S) groups is 1. The molecule has 1 N–H and O–H groups in total. The van der Waals surface area contributed by atoms with E-state index in [2.05, 4.69) is 19.1 Å². The molecule has 0 aromatic heterocycles. The number of unbranched alkanes of at least 4 members (excludes halogenated alkanes) is 10. The number of hydrogen-bond donors (Lipinski definition) is 1. The Morgan fingerprint density at radius 2 is 1.24 bits per heavy atom. The quantitative estimate of drug-likeness (QED) is 0.368. The molecule has 0 aromatic carbocycles. The van der Waals surface area contributed by atoms with Crippen molar-refractivity contribution in [1.82, 2.24) is 0 Å². The molecule has 0 heterocycles. The maximum Gasteiger partial charge on any atom is 0.0822 e. The first-order valence-electron chi connectivity index (χ1n) is 7.44. The van der Waals surface area contributed by atoms with Crippen LogP contribution in [-0.2, 0) is 0 Å². The van der Waals surface area contributed by atoms with Gasteiger partial charge in [0.25, 0.3) is 0 Å². The standard InChI is InChI=1S/C15H30OS/c1-2-3-4-5-6-7-8-9-10-11-12-13-15(16)14-17/h14-16H,2-13H2,1H3. The molecule has 0 saturated heterocycles. The van der Waals surface area contributed by atoms with E-state index in [-0.39, 0.29) is 6.10 Å². The van der Waals surface area contributed by atoms with Gasteiger partial charge in [-0.05, 0) is 6.42 Å². The zero-order valence-electron chi connectivity index (χ0n) is 11.5. The van der Waals surface area contributed by atoms with E-state index in [1.54, 1.807) is 0 Å². The van der Waals surface area contributed by atoms with Gasteiger partial charge in [0.1, 0.15) is 0 Å². The van der Waals surface area contributed by atoms with E-state index in [1.807, 2.05) is 0 Å². The summed E-state index contributed by atoms with van der Waals surface area (Å²) in [6.45, 7) is 2.26. The molecule has 0 aliphatic rings. The van der Waals surface area contributed by atoms with Crippen molar-refractivity contribution >= 4 is 17.6 Å². The minimum atomic E-state index is -0.358. The summed E-state index contributed by atoms with van der Waals surface area (Å²) in [5.74, 6) is 0. The first-order valence-corrected chi connectivity index (χ1v) is 7.91. The second-order valence-electron chi connectivity index (χ2n) is 5.03. The first kappa shape index (κ1) is 17.1. The van der Waals surface area contributed by atoms with Crippen LogP contribution in [0, 0.1) is 0 Å². The van der Waals surface area contributed by atoms with Gasteiger partial charge in [0.15, 0.2) is 0 Å². The van der Waals surface area contributed by atoms with Crippen LogP contribution in [0.4, 0.5) is 0 Å². The predicted molar refractivity (Wildman–Crippen MR) is 80.7 cm³/mol. The Balaban J connectivity index is 2.96. The van der Waals surface area contributed by atoms with Crippen LogP contribution in [-0.4, -0.2) is 16.6 Å². The maximum atomic E-state index is 9.24. The topological polar surface area (TPSA) is 20.2 Å². The van der Waals surface area contributed by atoms with Gasteiger partial charge in [0.05, 0.1) is 6.10 Å². The fourth-order valence-corrected chi connectivity index (χ4v) is 2.22. The summed E-state index contributed by atoms with van der Waals surface area (Å²) < 4.78 is 0. The molecule has 0 fully saturated rings. The maximum absolute atomic E-state index is 9.24. The van der Waals surface area contributed by atoms with Gasteiger partial charge in [-0.25, -0.2) is 0 Å². The lowest BCUT2D eigenvalue weighted by atomic mass is 10.0. The summed E-state index contributed by atoms with van der Waals surface area (Å²) in [5, 5.41) is 10.7. The van der Waals surface area contributed by atoms with E-state index in [0.717, 1.165) is 12.8 Å². The molecule has 0 bridgehead atoms. The zero-order chi connectivity index (χ0) is 12.8. The molecule has 0 aromatic rings. The van der Waals surface area contributed by atoms with Gasteiger partial charge in [-0.3, -0.25) is 0 Å². The van der Waals surface area contributed by atoms with Crippen LogP contribution >= 0.6 is 12.2 Å². The number of hydrogen-bond acceptors (Lipinski definition) is 2. The third-order valence-electron chi connectivity index (χ3n) is 3.26. The molecule has 0 spiro atoms. The molecule has 0 radical (unpaired) electrons. The smallest absolute Gasteiger partial charge is 0.0822 e. The van der Waals surface area contributed by atoms with Crippen molar-refractivity contribution in [3.63, 3.8) is 0 Å². The van der Waals surface area contributed by atoms with Crippen molar-refractivity contribution in [2.75, 3.05) is 0 Å². The highest BCUT2D eigenvalue weighted by atomic mass is 32.1. The number of aliphatic hydroxyl groups excluding tert-OH is 1. The van der Waals surface area contributed by atoms with Crippen molar-refractivity contribution in [3.05, 3.63) is 0 Å². The van der Waals surface area contributed by atoms with E-state index in [9.17, 15) is 5.11 Å². The lowest BCUT2D eigenvalue weighted by molar-refractivity contribution is 0.232. The molecule has 17 heavy (non-hydrogen) atoms. The lowest BCUT2D eigenvalue weighted by Crippen LogP contribution is -2.05. The summed E-state index contributed by atoms with van der Waals surface area (Å²) in [6, 6.07) is 0. The molecule has 102 valence electrons. The highest BCUT2D eigenvalue weighted by Gasteiger charge is 1.98. The highest BCUT2D eigenvalue weighted by Crippen LogP contribution is 2.12. The summed E-state index contributed by atoms with van der Waals surface area (Å²) >= 11 is 4.68. The van der Waals surface area contributed by atoms with Gasteiger partial charge in [0, 0.05) is 5.37 Å².